The molecule has 0 amide bonds. The van der Waals surface area contributed by atoms with Crippen molar-refractivity contribution >= 4 is 11.9 Å². The van der Waals surface area contributed by atoms with Gasteiger partial charge in [0.25, 0.3) is 0 Å². The first-order valence-electron chi connectivity index (χ1n) is 7.33. The summed E-state index contributed by atoms with van der Waals surface area (Å²) in [6.07, 6.45) is 3.31. The minimum Gasteiger partial charge on any atom is -0.462 e. The molecule has 0 N–H and O–H groups in total. The third-order valence-corrected chi connectivity index (χ3v) is 5.52. The molecule has 2 saturated carbocycles. The molecule has 0 aromatic rings. The summed E-state index contributed by atoms with van der Waals surface area (Å²) in [5, 5.41) is 0. The summed E-state index contributed by atoms with van der Waals surface area (Å²) in [7, 11) is 0. The molecular weight excluding hydrogens is 244 g/mol. The highest BCUT2D eigenvalue weighted by Gasteiger charge is 2.71. The maximum absolute atomic E-state index is 12.0. The zero-order valence-corrected chi connectivity index (χ0v) is 11.8. The Hall–Kier alpha value is -1.06. The molecule has 1 aliphatic heterocycles. The van der Waals surface area contributed by atoms with Gasteiger partial charge >= 0.3 is 11.9 Å². The summed E-state index contributed by atoms with van der Waals surface area (Å²) in [6, 6.07) is 0. The number of hydrogen-bond donors (Lipinski definition) is 0. The van der Waals surface area contributed by atoms with Crippen LogP contribution in [0.5, 0.6) is 0 Å². The largest absolute Gasteiger partial charge is 0.462 e. The number of carbonyl (C=O) groups is 2. The van der Waals surface area contributed by atoms with Crippen molar-refractivity contribution in [3.8, 4) is 0 Å². The van der Waals surface area contributed by atoms with E-state index in [2.05, 4.69) is 6.92 Å². The van der Waals surface area contributed by atoms with Crippen molar-refractivity contribution in [2.45, 2.75) is 46.1 Å². The molecule has 0 aromatic carbocycles. The van der Waals surface area contributed by atoms with Crippen LogP contribution in [0.1, 0.15) is 40.0 Å². The van der Waals surface area contributed by atoms with Gasteiger partial charge in [0.1, 0.15) is 12.7 Å². The van der Waals surface area contributed by atoms with Crippen molar-refractivity contribution in [1.29, 1.82) is 0 Å². The van der Waals surface area contributed by atoms with Crippen LogP contribution < -0.4 is 0 Å². The molecule has 1 heterocycles. The number of cyclic esters (lactones) is 1. The first-order valence-corrected chi connectivity index (χ1v) is 7.33. The lowest BCUT2D eigenvalue weighted by atomic mass is 9.48. The second kappa shape index (κ2) is 4.22. The molecular formula is C15H22O4. The Morgan fingerprint density at radius 1 is 1.47 bits per heavy atom. The van der Waals surface area contributed by atoms with E-state index >= 15 is 0 Å². The molecule has 3 aliphatic rings. The average molecular weight is 266 g/mol. The van der Waals surface area contributed by atoms with Crippen LogP contribution in [0, 0.1) is 29.1 Å². The summed E-state index contributed by atoms with van der Waals surface area (Å²) < 4.78 is 10.8. The Balaban J connectivity index is 1.70. The van der Waals surface area contributed by atoms with E-state index in [1.54, 1.807) is 0 Å². The molecule has 0 unspecified atom stereocenters. The van der Waals surface area contributed by atoms with Gasteiger partial charge in [-0.25, -0.2) is 0 Å². The van der Waals surface area contributed by atoms with Gasteiger partial charge in [-0.05, 0) is 24.7 Å². The van der Waals surface area contributed by atoms with Gasteiger partial charge in [-0.3, -0.25) is 9.59 Å². The minimum absolute atomic E-state index is 0.0442. The highest BCUT2D eigenvalue weighted by molar-refractivity contribution is 5.79. The first-order chi connectivity index (χ1) is 8.96. The Morgan fingerprint density at radius 2 is 2.21 bits per heavy atom. The number of ether oxygens (including phenoxy) is 2. The lowest BCUT2D eigenvalue weighted by Gasteiger charge is -2.53. The third-order valence-electron chi connectivity index (χ3n) is 5.52. The molecule has 3 fully saturated rings. The highest BCUT2D eigenvalue weighted by atomic mass is 16.6. The van der Waals surface area contributed by atoms with Gasteiger partial charge in [-0.15, -0.1) is 0 Å². The predicted octanol–water partition coefficient (Wildman–Crippen LogP) is 2.16. The smallest absolute Gasteiger partial charge is 0.310 e. The second-order valence-corrected chi connectivity index (χ2v) is 6.76. The fourth-order valence-electron chi connectivity index (χ4n) is 4.48. The van der Waals surface area contributed by atoms with Crippen LogP contribution in [0.15, 0.2) is 0 Å². The highest BCUT2D eigenvalue weighted by Crippen LogP contribution is 2.68. The summed E-state index contributed by atoms with van der Waals surface area (Å²) in [4.78, 5) is 23.6. The van der Waals surface area contributed by atoms with Crippen LogP contribution in [-0.4, -0.2) is 24.6 Å². The summed E-state index contributed by atoms with van der Waals surface area (Å²) in [5.41, 5.74) is -0.102. The Bertz CT molecular complexity index is 416. The van der Waals surface area contributed by atoms with E-state index in [0.29, 0.717) is 11.8 Å². The Kier molecular flexibility index (Phi) is 2.88. The summed E-state index contributed by atoms with van der Waals surface area (Å²) in [5.74, 6) is 0.709. The number of fused-ring (bicyclic) bond motifs is 4. The number of esters is 2. The van der Waals surface area contributed by atoms with Gasteiger partial charge in [-0.2, -0.15) is 0 Å². The Morgan fingerprint density at radius 3 is 2.89 bits per heavy atom. The molecule has 106 valence electrons. The van der Waals surface area contributed by atoms with Gasteiger partial charge in [0.15, 0.2) is 0 Å². The molecule has 0 aromatic heterocycles. The maximum Gasteiger partial charge on any atom is 0.310 e. The first kappa shape index (κ1) is 12.9. The normalized spacial score (nSPS) is 43.5. The molecule has 2 aliphatic carbocycles. The van der Waals surface area contributed by atoms with Crippen LogP contribution in [0.2, 0.25) is 0 Å². The fraction of sp³-hybridized carbons (Fsp3) is 0.867. The van der Waals surface area contributed by atoms with Crippen LogP contribution in [0.3, 0.4) is 0 Å². The minimum atomic E-state index is -0.243. The van der Waals surface area contributed by atoms with Crippen molar-refractivity contribution in [2.24, 2.45) is 29.1 Å². The van der Waals surface area contributed by atoms with Crippen molar-refractivity contribution in [3.05, 3.63) is 0 Å². The number of rotatable bonds is 3. The molecule has 0 bridgehead atoms. The van der Waals surface area contributed by atoms with Crippen molar-refractivity contribution < 1.29 is 19.1 Å². The van der Waals surface area contributed by atoms with E-state index < -0.39 is 0 Å². The number of carbonyl (C=O) groups excluding carboxylic acids is 2. The van der Waals surface area contributed by atoms with Gasteiger partial charge in [0, 0.05) is 5.41 Å². The standard InChI is InChI=1S/C15H22O4/c1-8(2)13(16)18-7-11-15(3)10-6-4-5-9(10)12(15)14(17)19-11/h8-12H,4-7H2,1-3H3/t9-,10+,11-,12-,15+/m0/s1. The molecule has 3 rings (SSSR count). The van der Waals surface area contributed by atoms with E-state index in [-0.39, 0.29) is 41.9 Å². The number of hydrogen-bond acceptors (Lipinski definition) is 4. The fourth-order valence-corrected chi connectivity index (χ4v) is 4.48. The summed E-state index contributed by atoms with van der Waals surface area (Å²) >= 11 is 0. The topological polar surface area (TPSA) is 52.6 Å². The lowest BCUT2D eigenvalue weighted by molar-refractivity contribution is -0.158. The van der Waals surface area contributed by atoms with Crippen LogP contribution in [-0.2, 0) is 19.1 Å². The summed E-state index contributed by atoms with van der Waals surface area (Å²) in [6.45, 7) is 5.98. The van der Waals surface area contributed by atoms with E-state index in [0.717, 1.165) is 6.42 Å². The van der Waals surface area contributed by atoms with Crippen molar-refractivity contribution in [3.63, 3.8) is 0 Å². The van der Waals surface area contributed by atoms with Gasteiger partial charge in [-0.1, -0.05) is 27.2 Å². The van der Waals surface area contributed by atoms with E-state index in [1.807, 2.05) is 13.8 Å². The predicted molar refractivity (Wildman–Crippen MR) is 68.1 cm³/mol. The molecule has 4 heteroatoms. The maximum atomic E-state index is 12.0. The molecule has 5 atom stereocenters. The van der Waals surface area contributed by atoms with E-state index in [9.17, 15) is 9.59 Å². The Labute approximate surface area is 113 Å². The van der Waals surface area contributed by atoms with Crippen molar-refractivity contribution in [1.82, 2.24) is 0 Å². The van der Waals surface area contributed by atoms with Gasteiger partial charge in [0.05, 0.1) is 11.8 Å². The molecule has 1 saturated heterocycles. The molecule has 0 radical (unpaired) electrons. The average Bonchev–Trinajstić information content (AvgIpc) is 2.85. The molecule has 19 heavy (non-hydrogen) atoms. The molecule has 4 nitrogen and oxygen atoms in total. The second-order valence-electron chi connectivity index (χ2n) is 6.76. The van der Waals surface area contributed by atoms with E-state index in [4.69, 9.17) is 9.47 Å². The van der Waals surface area contributed by atoms with Gasteiger partial charge < -0.3 is 9.47 Å². The van der Waals surface area contributed by atoms with Crippen LogP contribution in [0.4, 0.5) is 0 Å². The van der Waals surface area contributed by atoms with Crippen LogP contribution >= 0.6 is 0 Å². The van der Waals surface area contributed by atoms with E-state index in [1.165, 1.54) is 12.8 Å². The SMILES string of the molecule is CC(C)C(=O)OC[C@@H]1OC(=O)[C@@H]2[C@H]3CCC[C@H]3[C@]12C. The van der Waals surface area contributed by atoms with Crippen molar-refractivity contribution in [2.75, 3.05) is 6.61 Å². The monoisotopic (exact) mass is 266 g/mol. The lowest BCUT2D eigenvalue weighted by Crippen LogP contribution is -2.56. The zero-order chi connectivity index (χ0) is 13.8. The quantitative estimate of drug-likeness (QED) is 0.735. The third kappa shape index (κ3) is 1.65. The molecule has 0 spiro atoms. The van der Waals surface area contributed by atoms with Gasteiger partial charge in [0.2, 0.25) is 0 Å². The van der Waals surface area contributed by atoms with Crippen LogP contribution in [0.25, 0.3) is 0 Å². The zero-order valence-electron chi connectivity index (χ0n) is 11.8.